The topological polar surface area (TPSA) is 99.3 Å². The van der Waals surface area contributed by atoms with E-state index in [2.05, 4.69) is 11.4 Å². The number of hydrogen-bond donors (Lipinski definition) is 1. The van der Waals surface area contributed by atoms with Crippen LogP contribution in [0.3, 0.4) is 0 Å². The quantitative estimate of drug-likeness (QED) is 0.665. The summed E-state index contributed by atoms with van der Waals surface area (Å²) in [6, 6.07) is 8.32. The van der Waals surface area contributed by atoms with Crippen molar-refractivity contribution in [1.82, 2.24) is 4.90 Å². The normalized spacial score (nSPS) is 16.2. The third-order valence-corrected chi connectivity index (χ3v) is 4.41. The number of nitro benzene ring substituents is 1. The number of likely N-dealkylation sites (N-methyl/N-ethyl adjacent to an activating group) is 1. The van der Waals surface area contributed by atoms with E-state index in [0.717, 1.165) is 19.3 Å². The number of rotatable bonds is 5. The molecule has 1 amide bonds. The lowest BCUT2D eigenvalue weighted by Gasteiger charge is -2.39. The van der Waals surface area contributed by atoms with Crippen molar-refractivity contribution in [1.29, 1.82) is 5.26 Å². The van der Waals surface area contributed by atoms with Crippen LogP contribution in [0.5, 0.6) is 0 Å². The first-order valence-corrected chi connectivity index (χ1v) is 7.65. The molecule has 0 radical (unpaired) electrons. The fraction of sp³-hybridized carbons (Fsp3) is 0.500. The molecule has 1 fully saturated rings. The molecule has 0 unspecified atom stereocenters. The van der Waals surface area contributed by atoms with Crippen LogP contribution in [0.15, 0.2) is 24.3 Å². The van der Waals surface area contributed by atoms with Crippen LogP contribution in [0.25, 0.3) is 0 Å². The number of anilines is 1. The van der Waals surface area contributed by atoms with E-state index >= 15 is 0 Å². The van der Waals surface area contributed by atoms with Gasteiger partial charge in [-0.05, 0) is 18.9 Å². The lowest BCUT2D eigenvalue weighted by atomic mass is 9.81. The third kappa shape index (κ3) is 3.77. The number of amides is 1. The maximum absolute atomic E-state index is 12.4. The van der Waals surface area contributed by atoms with Crippen molar-refractivity contribution in [3.63, 3.8) is 0 Å². The van der Waals surface area contributed by atoms with Gasteiger partial charge in [0, 0.05) is 24.9 Å². The SMILES string of the molecule is CN(C(=O)CNc1cccc([N+](=O)[O-])c1)C1(C#N)CCCCC1. The van der Waals surface area contributed by atoms with Gasteiger partial charge < -0.3 is 10.2 Å². The van der Waals surface area contributed by atoms with Gasteiger partial charge in [0.1, 0.15) is 5.54 Å². The summed E-state index contributed by atoms with van der Waals surface area (Å²) < 4.78 is 0. The van der Waals surface area contributed by atoms with Crippen LogP contribution >= 0.6 is 0 Å². The van der Waals surface area contributed by atoms with Gasteiger partial charge in [-0.15, -0.1) is 0 Å². The summed E-state index contributed by atoms with van der Waals surface area (Å²) in [6.07, 6.45) is 4.38. The van der Waals surface area contributed by atoms with Gasteiger partial charge in [-0.1, -0.05) is 25.3 Å². The second kappa shape index (κ2) is 7.09. The molecule has 1 saturated carbocycles. The van der Waals surface area contributed by atoms with Gasteiger partial charge in [-0.25, -0.2) is 0 Å². The summed E-state index contributed by atoms with van der Waals surface area (Å²) in [4.78, 5) is 24.2. The summed E-state index contributed by atoms with van der Waals surface area (Å²) >= 11 is 0. The molecule has 1 N–H and O–H groups in total. The van der Waals surface area contributed by atoms with Crippen molar-refractivity contribution in [3.8, 4) is 6.07 Å². The van der Waals surface area contributed by atoms with E-state index in [1.165, 1.54) is 17.0 Å². The van der Waals surface area contributed by atoms with E-state index in [9.17, 15) is 20.2 Å². The number of carbonyl (C=O) groups excluding carboxylic acids is 1. The van der Waals surface area contributed by atoms with E-state index < -0.39 is 10.5 Å². The second-order valence-electron chi connectivity index (χ2n) is 5.82. The highest BCUT2D eigenvalue weighted by molar-refractivity contribution is 5.82. The Morgan fingerprint density at radius 3 is 2.74 bits per heavy atom. The summed E-state index contributed by atoms with van der Waals surface area (Å²) in [6.45, 7) is 0.00109. The molecular weight excluding hydrogens is 296 g/mol. The van der Waals surface area contributed by atoms with Gasteiger partial charge in [-0.3, -0.25) is 14.9 Å². The number of nitriles is 1. The van der Waals surface area contributed by atoms with Crippen LogP contribution in [-0.2, 0) is 4.79 Å². The molecule has 0 aliphatic heterocycles. The molecule has 0 aromatic heterocycles. The largest absolute Gasteiger partial charge is 0.376 e. The van der Waals surface area contributed by atoms with Crippen LogP contribution in [0, 0.1) is 21.4 Å². The number of nitro groups is 1. The highest BCUT2D eigenvalue weighted by Gasteiger charge is 2.38. The Balaban J connectivity index is 2.00. The molecular formula is C16H20N4O3. The smallest absolute Gasteiger partial charge is 0.271 e. The number of nitrogens with zero attached hydrogens (tertiary/aromatic N) is 3. The number of hydrogen-bond acceptors (Lipinski definition) is 5. The minimum Gasteiger partial charge on any atom is -0.376 e. The third-order valence-electron chi connectivity index (χ3n) is 4.41. The minimum absolute atomic E-state index is 0.00109. The molecule has 2 rings (SSSR count). The van der Waals surface area contributed by atoms with Crippen LogP contribution < -0.4 is 5.32 Å². The predicted octanol–water partition coefficient (Wildman–Crippen LogP) is 2.69. The molecule has 7 heteroatoms. The zero-order valence-electron chi connectivity index (χ0n) is 13.1. The van der Waals surface area contributed by atoms with Crippen molar-refractivity contribution in [2.24, 2.45) is 0 Å². The van der Waals surface area contributed by atoms with Crippen molar-refractivity contribution >= 4 is 17.3 Å². The van der Waals surface area contributed by atoms with E-state index in [-0.39, 0.29) is 18.1 Å². The Morgan fingerprint density at radius 1 is 1.43 bits per heavy atom. The molecule has 1 aromatic rings. The number of benzene rings is 1. The standard InChI is InChI=1S/C16H20N4O3/c1-19(16(12-17)8-3-2-4-9-16)15(21)11-18-13-6-5-7-14(10-13)20(22)23/h5-7,10,18H,2-4,8-9,11H2,1H3. The molecule has 0 heterocycles. The molecule has 0 bridgehead atoms. The van der Waals surface area contributed by atoms with Crippen LogP contribution in [0.2, 0.25) is 0 Å². The summed E-state index contributed by atoms with van der Waals surface area (Å²) in [5.74, 6) is -0.194. The lowest BCUT2D eigenvalue weighted by Crippen LogP contribution is -2.51. The Hall–Kier alpha value is -2.62. The Bertz CT molecular complexity index is 632. The first-order valence-electron chi connectivity index (χ1n) is 7.65. The molecule has 122 valence electrons. The highest BCUT2D eigenvalue weighted by Crippen LogP contribution is 2.32. The molecule has 23 heavy (non-hydrogen) atoms. The van der Waals surface area contributed by atoms with Crippen molar-refractivity contribution in [2.45, 2.75) is 37.6 Å². The molecule has 0 atom stereocenters. The fourth-order valence-electron chi connectivity index (χ4n) is 2.92. The number of non-ortho nitro benzene ring substituents is 1. The Kier molecular flexibility index (Phi) is 5.16. The predicted molar refractivity (Wildman–Crippen MR) is 85.8 cm³/mol. The van der Waals surface area contributed by atoms with Crippen molar-refractivity contribution in [2.75, 3.05) is 18.9 Å². The van der Waals surface area contributed by atoms with E-state index in [0.29, 0.717) is 18.5 Å². The number of carbonyl (C=O) groups is 1. The summed E-state index contributed by atoms with van der Waals surface area (Å²) in [5, 5.41) is 23.2. The Morgan fingerprint density at radius 2 is 2.13 bits per heavy atom. The lowest BCUT2D eigenvalue weighted by molar-refractivity contribution is -0.384. The van der Waals surface area contributed by atoms with E-state index in [4.69, 9.17) is 0 Å². The average Bonchev–Trinajstić information content (AvgIpc) is 2.59. The van der Waals surface area contributed by atoms with Crippen molar-refractivity contribution < 1.29 is 9.72 Å². The number of nitrogens with one attached hydrogen (secondary N) is 1. The molecule has 1 aliphatic carbocycles. The summed E-state index contributed by atoms with van der Waals surface area (Å²) in [5.41, 5.74) is -0.244. The molecule has 1 aliphatic rings. The maximum atomic E-state index is 12.4. The maximum Gasteiger partial charge on any atom is 0.271 e. The zero-order chi connectivity index (χ0) is 16.9. The first-order chi connectivity index (χ1) is 11.0. The van der Waals surface area contributed by atoms with Crippen LogP contribution in [0.1, 0.15) is 32.1 Å². The molecule has 7 nitrogen and oxygen atoms in total. The first kappa shape index (κ1) is 16.7. The van der Waals surface area contributed by atoms with Gasteiger partial charge >= 0.3 is 0 Å². The molecule has 0 spiro atoms. The van der Waals surface area contributed by atoms with Crippen LogP contribution in [-0.4, -0.2) is 34.9 Å². The van der Waals surface area contributed by atoms with E-state index in [1.807, 2.05) is 0 Å². The highest BCUT2D eigenvalue weighted by atomic mass is 16.6. The monoisotopic (exact) mass is 316 g/mol. The average molecular weight is 316 g/mol. The van der Waals surface area contributed by atoms with Gasteiger partial charge in [0.15, 0.2) is 0 Å². The molecule has 0 saturated heterocycles. The fourth-order valence-corrected chi connectivity index (χ4v) is 2.92. The van der Waals surface area contributed by atoms with E-state index in [1.54, 1.807) is 19.2 Å². The zero-order valence-corrected chi connectivity index (χ0v) is 13.1. The van der Waals surface area contributed by atoms with Gasteiger partial charge in [0.05, 0.1) is 17.5 Å². The molecule has 1 aromatic carbocycles. The van der Waals surface area contributed by atoms with Gasteiger partial charge in [-0.2, -0.15) is 5.26 Å². The van der Waals surface area contributed by atoms with Crippen LogP contribution in [0.4, 0.5) is 11.4 Å². The van der Waals surface area contributed by atoms with Gasteiger partial charge in [0.2, 0.25) is 5.91 Å². The Labute approximate surface area is 135 Å². The second-order valence-corrected chi connectivity index (χ2v) is 5.82. The minimum atomic E-state index is -0.723. The summed E-state index contributed by atoms with van der Waals surface area (Å²) in [7, 11) is 1.66. The van der Waals surface area contributed by atoms with Crippen molar-refractivity contribution in [3.05, 3.63) is 34.4 Å². The van der Waals surface area contributed by atoms with Gasteiger partial charge in [0.25, 0.3) is 5.69 Å².